The summed E-state index contributed by atoms with van der Waals surface area (Å²) in [6.45, 7) is 8.64. The molecule has 0 bridgehead atoms. The molecule has 0 radical (unpaired) electrons. The lowest BCUT2D eigenvalue weighted by molar-refractivity contribution is -0.0979. The van der Waals surface area contributed by atoms with Crippen LogP contribution in [0.2, 0.25) is 0 Å². The van der Waals surface area contributed by atoms with Gasteiger partial charge in [-0.1, -0.05) is 27.2 Å². The molecule has 0 saturated heterocycles. The van der Waals surface area contributed by atoms with Crippen molar-refractivity contribution in [2.24, 2.45) is 5.92 Å². The highest BCUT2D eigenvalue weighted by atomic mass is 32.2. The van der Waals surface area contributed by atoms with Crippen LogP contribution in [0, 0.1) is 5.92 Å². The molecule has 0 atom stereocenters. The van der Waals surface area contributed by atoms with Crippen LogP contribution in [-0.4, -0.2) is 25.6 Å². The van der Waals surface area contributed by atoms with Crippen molar-refractivity contribution in [3.8, 4) is 0 Å². The molecular formula is C9H23OS+. The minimum absolute atomic E-state index is 0.639. The predicted molar refractivity (Wildman–Crippen MR) is 57.4 cm³/mol. The van der Waals surface area contributed by atoms with Crippen LogP contribution in [-0.2, 0) is 15.7 Å². The molecule has 0 aliphatic rings. The van der Waals surface area contributed by atoms with Crippen LogP contribution in [0.4, 0.5) is 0 Å². The summed E-state index contributed by atoms with van der Waals surface area (Å²) in [5.41, 5.74) is 0. The van der Waals surface area contributed by atoms with Gasteiger partial charge in [0.25, 0.3) is 0 Å². The summed E-state index contributed by atoms with van der Waals surface area (Å²) in [6.07, 6.45) is 7.89. The van der Waals surface area contributed by atoms with Gasteiger partial charge < -0.3 is 4.79 Å². The minimum Gasteiger partial charge on any atom is -0.307 e. The fourth-order valence-electron chi connectivity index (χ4n) is 0. The van der Waals surface area contributed by atoms with Crippen molar-refractivity contribution in [3.63, 3.8) is 0 Å². The van der Waals surface area contributed by atoms with Crippen LogP contribution in [0.1, 0.15) is 27.2 Å². The van der Waals surface area contributed by atoms with E-state index in [1.54, 1.807) is 0 Å². The molecule has 0 rings (SSSR count). The lowest BCUT2D eigenvalue weighted by Gasteiger charge is -1.90. The van der Waals surface area contributed by atoms with Gasteiger partial charge in [0.1, 0.15) is 6.79 Å². The van der Waals surface area contributed by atoms with Gasteiger partial charge >= 0.3 is 0 Å². The molecule has 2 heteroatoms. The molecule has 11 heavy (non-hydrogen) atoms. The van der Waals surface area contributed by atoms with Crippen molar-refractivity contribution in [3.05, 3.63) is 0 Å². The van der Waals surface area contributed by atoms with E-state index in [1.165, 1.54) is 6.42 Å². The summed E-state index contributed by atoms with van der Waals surface area (Å²) in [7, 11) is 0.639. The van der Waals surface area contributed by atoms with Gasteiger partial charge in [0.2, 0.25) is 0 Å². The molecule has 0 aliphatic heterocycles. The molecule has 0 spiro atoms. The van der Waals surface area contributed by atoms with Crippen molar-refractivity contribution in [1.29, 1.82) is 0 Å². The largest absolute Gasteiger partial charge is 0.307 e. The van der Waals surface area contributed by atoms with Gasteiger partial charge in [-0.05, 0) is 16.8 Å². The van der Waals surface area contributed by atoms with Crippen LogP contribution in [0.25, 0.3) is 0 Å². The average Bonchev–Trinajstić information content (AvgIpc) is 1.91. The summed E-state index contributed by atoms with van der Waals surface area (Å²) < 4.78 is 0. The third kappa shape index (κ3) is 158. The number of hydrogen-bond donors (Lipinski definition) is 0. The monoisotopic (exact) mass is 179 g/mol. The Bertz CT molecular complexity index is 50.8. The quantitative estimate of drug-likeness (QED) is 0.565. The topological polar surface area (TPSA) is 17.1 Å². The number of carbonyl (C=O) groups is 1. The van der Waals surface area contributed by atoms with Gasteiger partial charge in [0.15, 0.2) is 0 Å². The molecule has 0 amide bonds. The van der Waals surface area contributed by atoms with Crippen LogP contribution < -0.4 is 0 Å². The zero-order valence-electron chi connectivity index (χ0n) is 8.81. The molecule has 70 valence electrons. The van der Waals surface area contributed by atoms with Gasteiger partial charge in [0, 0.05) is 0 Å². The normalized spacial score (nSPS) is 8.00. The maximum absolute atomic E-state index is 8.00. The Kier molecular flexibility index (Phi) is 25.9. The van der Waals surface area contributed by atoms with Crippen molar-refractivity contribution < 1.29 is 4.79 Å². The van der Waals surface area contributed by atoms with Gasteiger partial charge in [-0.15, -0.1) is 0 Å². The number of carbonyl (C=O) groups excluding carboxylic acids is 1. The van der Waals surface area contributed by atoms with Gasteiger partial charge in [-0.2, -0.15) is 0 Å². The average molecular weight is 179 g/mol. The Morgan fingerprint density at radius 1 is 1.18 bits per heavy atom. The fourth-order valence-corrected chi connectivity index (χ4v) is 0. The molecule has 0 heterocycles. The highest BCUT2D eigenvalue weighted by Gasteiger charge is 1.80. The first-order valence-electron chi connectivity index (χ1n) is 3.78. The highest BCUT2D eigenvalue weighted by Crippen LogP contribution is 1.93. The standard InChI is InChI=1S/C5H12.C3H9S.CH2O/c1-4-5(2)3;1-4(2)3;1-2/h5H,4H2,1-3H3;1-3H3;1H2/q;+1;. The fraction of sp³-hybridized carbons (Fsp3) is 0.889. The maximum atomic E-state index is 8.00. The van der Waals surface area contributed by atoms with E-state index in [-0.39, 0.29) is 0 Å². The Balaban J connectivity index is -0.0000000965. The van der Waals surface area contributed by atoms with E-state index < -0.39 is 0 Å². The first-order valence-corrected chi connectivity index (χ1v) is 6.23. The second kappa shape index (κ2) is 16.5. The third-order valence-corrected chi connectivity index (χ3v) is 0.816. The second-order valence-corrected chi connectivity index (χ2v) is 5.48. The van der Waals surface area contributed by atoms with Crippen LogP contribution >= 0.6 is 0 Å². The smallest absolute Gasteiger partial charge is 0.106 e. The molecule has 0 unspecified atom stereocenters. The third-order valence-electron chi connectivity index (χ3n) is 0.816. The Morgan fingerprint density at radius 2 is 1.27 bits per heavy atom. The molecule has 0 fully saturated rings. The Morgan fingerprint density at radius 3 is 1.27 bits per heavy atom. The predicted octanol–water partition coefficient (Wildman–Crippen LogP) is 2.36. The lowest BCUT2D eigenvalue weighted by Crippen LogP contribution is -1.84. The molecule has 0 aliphatic carbocycles. The zero-order valence-corrected chi connectivity index (χ0v) is 9.62. The first-order chi connectivity index (χ1) is 5.00. The summed E-state index contributed by atoms with van der Waals surface area (Å²) >= 11 is 0. The van der Waals surface area contributed by atoms with E-state index in [4.69, 9.17) is 4.79 Å². The molecule has 1 nitrogen and oxygen atoms in total. The van der Waals surface area contributed by atoms with Crippen LogP contribution in [0.15, 0.2) is 0 Å². The molecule has 0 N–H and O–H groups in total. The molecule has 0 aromatic heterocycles. The summed E-state index contributed by atoms with van der Waals surface area (Å²) in [5, 5.41) is 0. The highest BCUT2D eigenvalue weighted by molar-refractivity contribution is 7.94. The van der Waals surface area contributed by atoms with E-state index in [0.29, 0.717) is 10.9 Å². The molecule has 0 aromatic rings. The zero-order chi connectivity index (χ0) is 9.86. The van der Waals surface area contributed by atoms with Crippen molar-refractivity contribution >= 4 is 17.7 Å². The number of hydrogen-bond acceptors (Lipinski definition) is 1. The lowest BCUT2D eigenvalue weighted by atomic mass is 10.2. The first kappa shape index (κ1) is 17.2. The van der Waals surface area contributed by atoms with Crippen molar-refractivity contribution in [2.45, 2.75) is 27.2 Å². The second-order valence-electron chi connectivity index (χ2n) is 3.03. The summed E-state index contributed by atoms with van der Waals surface area (Å²) in [6, 6.07) is 0. The maximum Gasteiger partial charge on any atom is 0.106 e. The summed E-state index contributed by atoms with van der Waals surface area (Å²) in [4.78, 5) is 8.00. The van der Waals surface area contributed by atoms with Crippen molar-refractivity contribution in [1.82, 2.24) is 0 Å². The number of rotatable bonds is 1. The Labute approximate surface area is 74.9 Å². The SMILES string of the molecule is C=O.CCC(C)C.C[S+](C)C. The van der Waals surface area contributed by atoms with Crippen LogP contribution in [0.5, 0.6) is 0 Å². The van der Waals surface area contributed by atoms with Crippen LogP contribution in [0.3, 0.4) is 0 Å². The van der Waals surface area contributed by atoms with Gasteiger partial charge in [0.05, 0.1) is 18.8 Å². The van der Waals surface area contributed by atoms with Gasteiger partial charge in [-0.3, -0.25) is 0 Å². The van der Waals surface area contributed by atoms with Gasteiger partial charge in [-0.25, -0.2) is 0 Å². The van der Waals surface area contributed by atoms with E-state index in [0.717, 1.165) is 5.92 Å². The summed E-state index contributed by atoms with van der Waals surface area (Å²) in [5.74, 6) is 0.884. The van der Waals surface area contributed by atoms with Crippen molar-refractivity contribution in [2.75, 3.05) is 18.8 Å². The molecule has 0 saturated carbocycles. The minimum atomic E-state index is 0.639. The van der Waals surface area contributed by atoms with E-state index >= 15 is 0 Å². The Hall–Kier alpha value is 0.0200. The molecular weight excluding hydrogens is 156 g/mol. The molecule has 0 aromatic carbocycles. The van der Waals surface area contributed by atoms with E-state index in [9.17, 15) is 0 Å². The van der Waals surface area contributed by atoms with E-state index in [2.05, 4.69) is 39.5 Å². The van der Waals surface area contributed by atoms with E-state index in [1.807, 2.05) is 6.79 Å².